The van der Waals surface area contributed by atoms with E-state index in [4.69, 9.17) is 0 Å². The molecule has 0 spiro atoms. The van der Waals surface area contributed by atoms with Gasteiger partial charge in [-0.15, -0.1) is 0 Å². The van der Waals surface area contributed by atoms with Crippen molar-refractivity contribution in [3.8, 4) is 0 Å². The lowest BCUT2D eigenvalue weighted by molar-refractivity contribution is -0.150. The topological polar surface area (TPSA) is 58.4 Å². The van der Waals surface area contributed by atoms with E-state index < -0.39 is 11.4 Å². The summed E-state index contributed by atoms with van der Waals surface area (Å²) < 4.78 is 1.90. The average molecular weight is 251 g/mol. The molecule has 0 saturated carbocycles. The van der Waals surface area contributed by atoms with Crippen molar-refractivity contribution in [2.75, 3.05) is 13.1 Å². The highest BCUT2D eigenvalue weighted by Gasteiger charge is 2.36. The van der Waals surface area contributed by atoms with Crippen LogP contribution in [0.4, 0.5) is 0 Å². The van der Waals surface area contributed by atoms with E-state index in [9.17, 15) is 9.90 Å². The van der Waals surface area contributed by atoms with Crippen molar-refractivity contribution < 1.29 is 9.90 Å². The highest BCUT2D eigenvalue weighted by molar-refractivity contribution is 5.74. The standard InChI is InChI=1S/C13H21N3O2/c1-10-8-11(15(3)14-10)9-16-6-4-13(2,5-7-16)12(17)18/h8H,4-7,9H2,1-3H3,(H,17,18). The van der Waals surface area contributed by atoms with E-state index in [0.717, 1.165) is 38.2 Å². The van der Waals surface area contributed by atoms with Gasteiger partial charge in [-0.25, -0.2) is 0 Å². The van der Waals surface area contributed by atoms with E-state index in [0.29, 0.717) is 0 Å². The maximum absolute atomic E-state index is 11.2. The molecule has 1 saturated heterocycles. The van der Waals surface area contributed by atoms with Gasteiger partial charge in [0.2, 0.25) is 0 Å². The van der Waals surface area contributed by atoms with Crippen LogP contribution in [0.5, 0.6) is 0 Å². The molecule has 5 heteroatoms. The highest BCUT2D eigenvalue weighted by atomic mass is 16.4. The Hall–Kier alpha value is -1.36. The van der Waals surface area contributed by atoms with Gasteiger partial charge >= 0.3 is 5.97 Å². The second-order valence-corrected chi connectivity index (χ2v) is 5.54. The molecule has 1 N–H and O–H groups in total. The van der Waals surface area contributed by atoms with Gasteiger partial charge < -0.3 is 5.11 Å². The van der Waals surface area contributed by atoms with E-state index in [1.165, 1.54) is 5.69 Å². The Labute approximate surface area is 107 Å². The molecule has 1 aliphatic heterocycles. The predicted octanol–water partition coefficient (Wildman–Crippen LogP) is 1.42. The second-order valence-electron chi connectivity index (χ2n) is 5.54. The fourth-order valence-electron chi connectivity index (χ4n) is 2.46. The number of likely N-dealkylation sites (tertiary alicyclic amines) is 1. The Morgan fingerprint density at radius 3 is 2.56 bits per heavy atom. The molecular weight excluding hydrogens is 230 g/mol. The first-order valence-electron chi connectivity index (χ1n) is 6.36. The summed E-state index contributed by atoms with van der Waals surface area (Å²) in [6.07, 6.45) is 1.44. The molecule has 1 fully saturated rings. The van der Waals surface area contributed by atoms with Crippen LogP contribution in [0.2, 0.25) is 0 Å². The fourth-order valence-corrected chi connectivity index (χ4v) is 2.46. The lowest BCUT2D eigenvalue weighted by Crippen LogP contribution is -2.42. The van der Waals surface area contributed by atoms with Crippen molar-refractivity contribution in [2.24, 2.45) is 12.5 Å². The second kappa shape index (κ2) is 4.72. The molecule has 0 aliphatic carbocycles. The molecule has 0 aromatic carbocycles. The van der Waals surface area contributed by atoms with Crippen LogP contribution in [-0.4, -0.2) is 38.8 Å². The number of hydrogen-bond acceptors (Lipinski definition) is 3. The third kappa shape index (κ3) is 2.56. The van der Waals surface area contributed by atoms with E-state index in [-0.39, 0.29) is 0 Å². The van der Waals surface area contributed by atoms with Gasteiger partial charge in [-0.05, 0) is 45.8 Å². The molecule has 1 aromatic heterocycles. The van der Waals surface area contributed by atoms with Gasteiger partial charge in [-0.3, -0.25) is 14.4 Å². The van der Waals surface area contributed by atoms with E-state index in [2.05, 4.69) is 16.1 Å². The molecular formula is C13H21N3O2. The lowest BCUT2D eigenvalue weighted by atomic mass is 9.80. The molecule has 2 rings (SSSR count). The Morgan fingerprint density at radius 2 is 2.11 bits per heavy atom. The average Bonchev–Trinajstić information content (AvgIpc) is 2.61. The van der Waals surface area contributed by atoms with E-state index >= 15 is 0 Å². The number of hydrogen-bond donors (Lipinski definition) is 1. The normalized spacial score (nSPS) is 19.9. The summed E-state index contributed by atoms with van der Waals surface area (Å²) >= 11 is 0. The number of carboxylic acids is 1. The minimum atomic E-state index is -0.668. The van der Waals surface area contributed by atoms with Crippen LogP contribution in [0.25, 0.3) is 0 Å². The van der Waals surface area contributed by atoms with Crippen LogP contribution in [0, 0.1) is 12.3 Å². The van der Waals surface area contributed by atoms with Crippen molar-refractivity contribution in [2.45, 2.75) is 33.2 Å². The maximum Gasteiger partial charge on any atom is 0.309 e. The number of aromatic nitrogens is 2. The molecule has 2 heterocycles. The summed E-state index contributed by atoms with van der Waals surface area (Å²) in [5.74, 6) is -0.668. The Bertz CT molecular complexity index is 445. The van der Waals surface area contributed by atoms with Gasteiger partial charge in [-0.1, -0.05) is 0 Å². The molecule has 0 amide bonds. The number of aliphatic carboxylic acids is 1. The molecule has 1 aromatic rings. The first kappa shape index (κ1) is 13.1. The Kier molecular flexibility index (Phi) is 3.43. The quantitative estimate of drug-likeness (QED) is 0.882. The minimum absolute atomic E-state index is 0.543. The monoisotopic (exact) mass is 251 g/mol. The molecule has 5 nitrogen and oxygen atoms in total. The van der Waals surface area contributed by atoms with Gasteiger partial charge in [0, 0.05) is 13.6 Å². The summed E-state index contributed by atoms with van der Waals surface area (Å²) in [7, 11) is 1.95. The van der Waals surface area contributed by atoms with Crippen LogP contribution < -0.4 is 0 Å². The van der Waals surface area contributed by atoms with Crippen molar-refractivity contribution >= 4 is 5.97 Å². The summed E-state index contributed by atoms with van der Waals surface area (Å²) in [4.78, 5) is 13.5. The smallest absolute Gasteiger partial charge is 0.309 e. The van der Waals surface area contributed by atoms with Crippen molar-refractivity contribution in [1.82, 2.24) is 14.7 Å². The SMILES string of the molecule is Cc1cc(CN2CCC(C)(C(=O)O)CC2)n(C)n1. The summed E-state index contributed by atoms with van der Waals surface area (Å²) in [6, 6.07) is 2.09. The summed E-state index contributed by atoms with van der Waals surface area (Å²) in [5, 5.41) is 13.5. The van der Waals surface area contributed by atoms with Gasteiger partial charge in [-0.2, -0.15) is 5.10 Å². The van der Waals surface area contributed by atoms with E-state index in [1.807, 2.05) is 25.6 Å². The number of carbonyl (C=O) groups is 1. The van der Waals surface area contributed by atoms with Crippen LogP contribution in [0.3, 0.4) is 0 Å². The minimum Gasteiger partial charge on any atom is -0.481 e. The number of carboxylic acid groups (broad SMARTS) is 1. The van der Waals surface area contributed by atoms with Gasteiger partial charge in [0.15, 0.2) is 0 Å². The highest BCUT2D eigenvalue weighted by Crippen LogP contribution is 2.31. The zero-order valence-electron chi connectivity index (χ0n) is 11.3. The van der Waals surface area contributed by atoms with Crippen molar-refractivity contribution in [3.63, 3.8) is 0 Å². The van der Waals surface area contributed by atoms with Crippen LogP contribution in [0.1, 0.15) is 31.2 Å². The zero-order chi connectivity index (χ0) is 13.3. The summed E-state index contributed by atoms with van der Waals surface area (Å²) in [6.45, 7) is 6.37. The van der Waals surface area contributed by atoms with Gasteiger partial charge in [0.05, 0.1) is 16.8 Å². The molecule has 0 bridgehead atoms. The lowest BCUT2D eigenvalue weighted by Gasteiger charge is -2.36. The van der Waals surface area contributed by atoms with Crippen molar-refractivity contribution in [3.05, 3.63) is 17.5 Å². The van der Waals surface area contributed by atoms with E-state index in [1.54, 1.807) is 0 Å². The number of aryl methyl sites for hydroxylation is 2. The Morgan fingerprint density at radius 1 is 1.50 bits per heavy atom. The third-order valence-corrected chi connectivity index (χ3v) is 3.96. The molecule has 0 radical (unpaired) electrons. The van der Waals surface area contributed by atoms with Gasteiger partial charge in [0.1, 0.15) is 0 Å². The number of rotatable bonds is 3. The van der Waals surface area contributed by atoms with Crippen LogP contribution >= 0.6 is 0 Å². The maximum atomic E-state index is 11.2. The fraction of sp³-hybridized carbons (Fsp3) is 0.692. The van der Waals surface area contributed by atoms with Gasteiger partial charge in [0.25, 0.3) is 0 Å². The Balaban J connectivity index is 1.95. The number of piperidine rings is 1. The van der Waals surface area contributed by atoms with Crippen molar-refractivity contribution in [1.29, 1.82) is 0 Å². The zero-order valence-corrected chi connectivity index (χ0v) is 11.3. The molecule has 18 heavy (non-hydrogen) atoms. The molecule has 0 unspecified atom stereocenters. The first-order valence-corrected chi connectivity index (χ1v) is 6.36. The van der Waals surface area contributed by atoms with Crippen LogP contribution in [0.15, 0.2) is 6.07 Å². The molecule has 1 aliphatic rings. The predicted molar refractivity (Wildman–Crippen MR) is 68.2 cm³/mol. The third-order valence-electron chi connectivity index (χ3n) is 3.96. The largest absolute Gasteiger partial charge is 0.481 e. The molecule has 100 valence electrons. The molecule has 0 atom stereocenters. The van der Waals surface area contributed by atoms with Crippen LogP contribution in [-0.2, 0) is 18.4 Å². The number of nitrogens with zero attached hydrogens (tertiary/aromatic N) is 3. The first-order chi connectivity index (χ1) is 8.40. The summed E-state index contributed by atoms with van der Waals surface area (Å²) in [5.41, 5.74) is 1.67.